The van der Waals surface area contributed by atoms with Crippen molar-refractivity contribution in [1.82, 2.24) is 20.1 Å². The van der Waals surface area contributed by atoms with Crippen molar-refractivity contribution in [2.24, 2.45) is 5.92 Å². The smallest absolute Gasteiger partial charge is 0.321 e. The van der Waals surface area contributed by atoms with E-state index in [-0.39, 0.29) is 12.1 Å². The van der Waals surface area contributed by atoms with Gasteiger partial charge in [0.2, 0.25) is 5.95 Å². The molecule has 2 amide bonds. The first-order valence-electron chi connectivity index (χ1n) is 8.81. The third kappa shape index (κ3) is 4.29. The number of nitrogens with zero attached hydrogens (tertiary/aromatic N) is 4. The molecule has 1 aromatic heterocycles. The molecule has 0 bridgehead atoms. The van der Waals surface area contributed by atoms with Gasteiger partial charge in [-0.25, -0.2) is 9.48 Å². The van der Waals surface area contributed by atoms with Crippen LogP contribution in [0.5, 0.6) is 0 Å². The number of anilines is 2. The summed E-state index contributed by atoms with van der Waals surface area (Å²) in [6.45, 7) is 8.58. The van der Waals surface area contributed by atoms with Crippen LogP contribution in [0.4, 0.5) is 16.4 Å². The maximum Gasteiger partial charge on any atom is 0.321 e. The van der Waals surface area contributed by atoms with Gasteiger partial charge in [0.25, 0.3) is 0 Å². The SMILES string of the molecule is Cc1nc(NC(=O)NCC2CCN(c3ccccc3)C2)nn1C(C)C. The Labute approximate surface area is 148 Å². The van der Waals surface area contributed by atoms with Crippen LogP contribution >= 0.6 is 0 Å². The minimum Gasteiger partial charge on any atom is -0.371 e. The molecule has 134 valence electrons. The number of aromatic nitrogens is 3. The molecule has 1 aromatic carbocycles. The largest absolute Gasteiger partial charge is 0.371 e. The Morgan fingerprint density at radius 2 is 2.08 bits per heavy atom. The van der Waals surface area contributed by atoms with E-state index in [0.717, 1.165) is 25.3 Å². The highest BCUT2D eigenvalue weighted by molar-refractivity contribution is 5.87. The molecule has 1 atom stereocenters. The van der Waals surface area contributed by atoms with Gasteiger partial charge in [-0.2, -0.15) is 4.98 Å². The maximum absolute atomic E-state index is 12.1. The minimum atomic E-state index is -0.251. The minimum absolute atomic E-state index is 0.216. The molecule has 1 aliphatic rings. The predicted molar refractivity (Wildman–Crippen MR) is 98.9 cm³/mol. The number of hydrogen-bond acceptors (Lipinski definition) is 4. The Bertz CT molecular complexity index is 712. The van der Waals surface area contributed by atoms with E-state index in [9.17, 15) is 4.79 Å². The molecule has 0 aliphatic carbocycles. The fourth-order valence-corrected chi connectivity index (χ4v) is 3.20. The molecule has 0 spiro atoms. The van der Waals surface area contributed by atoms with Crippen LogP contribution < -0.4 is 15.5 Å². The van der Waals surface area contributed by atoms with Crippen LogP contribution in [0.3, 0.4) is 0 Å². The van der Waals surface area contributed by atoms with E-state index >= 15 is 0 Å². The molecule has 2 heterocycles. The Balaban J connectivity index is 1.46. The van der Waals surface area contributed by atoms with Crippen LogP contribution in [0.1, 0.15) is 32.1 Å². The molecule has 0 saturated carbocycles. The van der Waals surface area contributed by atoms with Crippen molar-refractivity contribution < 1.29 is 4.79 Å². The average molecular weight is 342 g/mol. The van der Waals surface area contributed by atoms with Crippen molar-refractivity contribution in [3.05, 3.63) is 36.2 Å². The van der Waals surface area contributed by atoms with E-state index in [4.69, 9.17) is 0 Å². The lowest BCUT2D eigenvalue weighted by atomic mass is 10.1. The normalized spacial score (nSPS) is 17.1. The molecule has 1 aliphatic heterocycles. The van der Waals surface area contributed by atoms with Crippen molar-refractivity contribution in [3.8, 4) is 0 Å². The van der Waals surface area contributed by atoms with E-state index in [1.807, 2.05) is 26.8 Å². The van der Waals surface area contributed by atoms with Crippen LogP contribution in [0, 0.1) is 12.8 Å². The number of aryl methyl sites for hydroxylation is 1. The fraction of sp³-hybridized carbons (Fsp3) is 0.500. The predicted octanol–water partition coefficient (Wildman–Crippen LogP) is 2.82. The lowest BCUT2D eigenvalue weighted by molar-refractivity contribution is 0.250. The van der Waals surface area contributed by atoms with Gasteiger partial charge in [0.15, 0.2) is 0 Å². The van der Waals surface area contributed by atoms with Crippen molar-refractivity contribution in [2.75, 3.05) is 29.9 Å². The highest BCUT2D eigenvalue weighted by atomic mass is 16.2. The quantitative estimate of drug-likeness (QED) is 0.876. The van der Waals surface area contributed by atoms with Gasteiger partial charge in [0.1, 0.15) is 5.82 Å². The molecule has 2 N–H and O–H groups in total. The number of carbonyl (C=O) groups is 1. The number of carbonyl (C=O) groups excluding carboxylic acids is 1. The number of hydrogen-bond donors (Lipinski definition) is 2. The zero-order chi connectivity index (χ0) is 17.8. The monoisotopic (exact) mass is 342 g/mol. The summed E-state index contributed by atoms with van der Waals surface area (Å²) in [6, 6.07) is 10.4. The first-order chi connectivity index (χ1) is 12.0. The van der Waals surface area contributed by atoms with Crippen molar-refractivity contribution in [1.29, 1.82) is 0 Å². The first-order valence-corrected chi connectivity index (χ1v) is 8.81. The number of rotatable bonds is 5. The molecule has 7 nitrogen and oxygen atoms in total. The van der Waals surface area contributed by atoms with E-state index in [1.165, 1.54) is 5.69 Å². The average Bonchev–Trinajstić information content (AvgIpc) is 3.20. The second-order valence-electron chi connectivity index (χ2n) is 6.79. The summed E-state index contributed by atoms with van der Waals surface area (Å²) in [5.74, 6) is 1.59. The fourth-order valence-electron chi connectivity index (χ4n) is 3.20. The summed E-state index contributed by atoms with van der Waals surface area (Å²) in [7, 11) is 0. The van der Waals surface area contributed by atoms with Gasteiger partial charge >= 0.3 is 6.03 Å². The summed E-state index contributed by atoms with van der Waals surface area (Å²) in [5, 5.41) is 9.96. The molecular formula is C18H26N6O. The number of para-hydroxylation sites is 1. The zero-order valence-electron chi connectivity index (χ0n) is 15.1. The van der Waals surface area contributed by atoms with Gasteiger partial charge in [0, 0.05) is 31.4 Å². The Morgan fingerprint density at radius 1 is 1.32 bits per heavy atom. The topological polar surface area (TPSA) is 75.1 Å². The zero-order valence-corrected chi connectivity index (χ0v) is 15.1. The molecule has 1 unspecified atom stereocenters. The number of urea groups is 1. The van der Waals surface area contributed by atoms with Crippen LogP contribution in [0.15, 0.2) is 30.3 Å². The summed E-state index contributed by atoms with van der Waals surface area (Å²) in [6.07, 6.45) is 1.08. The molecule has 3 rings (SSSR count). The molecule has 1 saturated heterocycles. The van der Waals surface area contributed by atoms with Crippen LogP contribution in [0.2, 0.25) is 0 Å². The number of benzene rings is 1. The van der Waals surface area contributed by atoms with E-state index in [2.05, 4.69) is 49.9 Å². The molecule has 25 heavy (non-hydrogen) atoms. The van der Waals surface area contributed by atoms with Crippen LogP contribution in [-0.2, 0) is 0 Å². The highest BCUT2D eigenvalue weighted by Crippen LogP contribution is 2.22. The van der Waals surface area contributed by atoms with Crippen molar-refractivity contribution in [3.63, 3.8) is 0 Å². The standard InChI is InChI=1S/C18H26N6O/c1-13(2)24-14(3)20-17(22-24)21-18(25)19-11-15-9-10-23(12-15)16-7-5-4-6-8-16/h4-8,13,15H,9-12H2,1-3H3,(H2,19,21,22,25). The second-order valence-corrected chi connectivity index (χ2v) is 6.79. The van der Waals surface area contributed by atoms with Crippen LogP contribution in [-0.4, -0.2) is 40.4 Å². The molecule has 7 heteroatoms. The summed E-state index contributed by atoms with van der Waals surface area (Å²) in [5.41, 5.74) is 1.24. The third-order valence-corrected chi connectivity index (χ3v) is 4.47. The number of amides is 2. The Morgan fingerprint density at radius 3 is 2.76 bits per heavy atom. The summed E-state index contributed by atoms with van der Waals surface area (Å²) in [4.78, 5) is 18.7. The highest BCUT2D eigenvalue weighted by Gasteiger charge is 2.23. The van der Waals surface area contributed by atoms with Gasteiger partial charge in [-0.1, -0.05) is 18.2 Å². The van der Waals surface area contributed by atoms with E-state index < -0.39 is 0 Å². The van der Waals surface area contributed by atoms with E-state index in [1.54, 1.807) is 4.68 Å². The van der Waals surface area contributed by atoms with Gasteiger partial charge in [-0.05, 0) is 45.2 Å². The Kier molecular flexibility index (Phi) is 5.21. The molecule has 0 radical (unpaired) electrons. The number of nitrogens with one attached hydrogen (secondary N) is 2. The van der Waals surface area contributed by atoms with Crippen molar-refractivity contribution in [2.45, 2.75) is 33.2 Å². The van der Waals surface area contributed by atoms with Gasteiger partial charge < -0.3 is 10.2 Å². The lowest BCUT2D eigenvalue weighted by Gasteiger charge is -2.18. The van der Waals surface area contributed by atoms with Gasteiger partial charge in [-0.15, -0.1) is 5.10 Å². The summed E-state index contributed by atoms with van der Waals surface area (Å²) >= 11 is 0. The third-order valence-electron chi connectivity index (χ3n) is 4.47. The van der Waals surface area contributed by atoms with Gasteiger partial charge in [-0.3, -0.25) is 5.32 Å². The molecule has 2 aromatic rings. The van der Waals surface area contributed by atoms with E-state index in [0.29, 0.717) is 18.4 Å². The second kappa shape index (κ2) is 7.55. The summed E-state index contributed by atoms with van der Waals surface area (Å²) < 4.78 is 1.80. The van der Waals surface area contributed by atoms with Crippen LogP contribution in [0.25, 0.3) is 0 Å². The maximum atomic E-state index is 12.1. The van der Waals surface area contributed by atoms with Crippen molar-refractivity contribution >= 4 is 17.7 Å². The first kappa shape index (κ1) is 17.3. The lowest BCUT2D eigenvalue weighted by Crippen LogP contribution is -2.34. The molecular weight excluding hydrogens is 316 g/mol. The molecule has 1 fully saturated rings. The van der Waals surface area contributed by atoms with Gasteiger partial charge in [0.05, 0.1) is 0 Å². The Hall–Kier alpha value is -2.57.